The monoisotopic (exact) mass is 211 g/mol. The second-order valence-electron chi connectivity index (χ2n) is 3.50. The minimum absolute atomic E-state index is 0.0483. The highest BCUT2D eigenvalue weighted by atomic mass is 19.1. The molecule has 0 aliphatic carbocycles. The van der Waals surface area contributed by atoms with E-state index in [-0.39, 0.29) is 11.7 Å². The van der Waals surface area contributed by atoms with Gasteiger partial charge in [0.05, 0.1) is 6.21 Å². The molecule has 1 N–H and O–H groups in total. The SMILES string of the molecule is CON=Cc1cc(F)cc(C(C)C)c1O. The van der Waals surface area contributed by atoms with Gasteiger partial charge in [-0.2, -0.15) is 0 Å². The van der Waals surface area contributed by atoms with Crippen LogP contribution >= 0.6 is 0 Å². The molecule has 0 heterocycles. The minimum atomic E-state index is -0.394. The number of nitrogens with zero attached hydrogens (tertiary/aromatic N) is 1. The molecule has 0 radical (unpaired) electrons. The molecular weight excluding hydrogens is 197 g/mol. The number of oxime groups is 1. The summed E-state index contributed by atoms with van der Waals surface area (Å²) in [7, 11) is 1.39. The zero-order valence-corrected chi connectivity index (χ0v) is 8.99. The molecule has 1 aromatic rings. The Kier molecular flexibility index (Phi) is 3.66. The van der Waals surface area contributed by atoms with Gasteiger partial charge in [-0.05, 0) is 23.6 Å². The van der Waals surface area contributed by atoms with Crippen molar-refractivity contribution in [2.75, 3.05) is 7.11 Å². The smallest absolute Gasteiger partial charge is 0.128 e. The van der Waals surface area contributed by atoms with Crippen LogP contribution in [0, 0.1) is 5.82 Å². The number of aromatic hydroxyl groups is 1. The van der Waals surface area contributed by atoms with Gasteiger partial charge in [0.25, 0.3) is 0 Å². The summed E-state index contributed by atoms with van der Waals surface area (Å²) in [6.45, 7) is 3.76. The lowest BCUT2D eigenvalue weighted by Crippen LogP contribution is -1.95. The van der Waals surface area contributed by atoms with Crippen molar-refractivity contribution in [3.63, 3.8) is 0 Å². The molecule has 1 rings (SSSR count). The van der Waals surface area contributed by atoms with Crippen molar-refractivity contribution in [1.82, 2.24) is 0 Å². The van der Waals surface area contributed by atoms with Crippen molar-refractivity contribution >= 4 is 6.21 Å². The molecule has 0 saturated heterocycles. The fourth-order valence-corrected chi connectivity index (χ4v) is 1.29. The summed E-state index contributed by atoms with van der Waals surface area (Å²) in [4.78, 5) is 4.48. The largest absolute Gasteiger partial charge is 0.507 e. The predicted octanol–water partition coefficient (Wildman–Crippen LogP) is 2.64. The van der Waals surface area contributed by atoms with Crippen LogP contribution < -0.4 is 0 Å². The van der Waals surface area contributed by atoms with Gasteiger partial charge < -0.3 is 9.94 Å². The topological polar surface area (TPSA) is 41.8 Å². The third-order valence-corrected chi connectivity index (χ3v) is 2.05. The van der Waals surface area contributed by atoms with Crippen LogP contribution in [0.25, 0.3) is 0 Å². The van der Waals surface area contributed by atoms with E-state index in [1.165, 1.54) is 25.5 Å². The van der Waals surface area contributed by atoms with Gasteiger partial charge in [-0.3, -0.25) is 0 Å². The van der Waals surface area contributed by atoms with Crippen LogP contribution in [0.2, 0.25) is 0 Å². The van der Waals surface area contributed by atoms with E-state index in [1.54, 1.807) is 0 Å². The average molecular weight is 211 g/mol. The van der Waals surface area contributed by atoms with Crippen molar-refractivity contribution in [2.45, 2.75) is 19.8 Å². The van der Waals surface area contributed by atoms with E-state index in [0.29, 0.717) is 11.1 Å². The number of benzene rings is 1. The lowest BCUT2D eigenvalue weighted by molar-refractivity contribution is 0.215. The third kappa shape index (κ3) is 2.68. The molecule has 0 fully saturated rings. The van der Waals surface area contributed by atoms with E-state index in [4.69, 9.17) is 0 Å². The molecule has 0 unspecified atom stereocenters. The van der Waals surface area contributed by atoms with Crippen LogP contribution in [0.1, 0.15) is 30.9 Å². The molecule has 1 aromatic carbocycles. The molecule has 0 aliphatic rings. The van der Waals surface area contributed by atoms with Gasteiger partial charge in [-0.15, -0.1) is 0 Å². The maximum atomic E-state index is 13.2. The van der Waals surface area contributed by atoms with Crippen molar-refractivity contribution in [3.8, 4) is 5.75 Å². The Hall–Kier alpha value is -1.58. The molecule has 0 bridgehead atoms. The first-order chi connectivity index (χ1) is 7.06. The zero-order chi connectivity index (χ0) is 11.4. The van der Waals surface area contributed by atoms with Crippen molar-refractivity contribution in [3.05, 3.63) is 29.1 Å². The van der Waals surface area contributed by atoms with E-state index in [2.05, 4.69) is 9.99 Å². The van der Waals surface area contributed by atoms with E-state index in [0.717, 1.165) is 0 Å². The zero-order valence-electron chi connectivity index (χ0n) is 8.99. The van der Waals surface area contributed by atoms with Gasteiger partial charge in [0, 0.05) is 5.56 Å². The third-order valence-electron chi connectivity index (χ3n) is 2.05. The Morgan fingerprint density at radius 3 is 2.67 bits per heavy atom. The normalized spacial score (nSPS) is 11.3. The second kappa shape index (κ2) is 4.77. The van der Waals surface area contributed by atoms with Crippen LogP contribution in [-0.2, 0) is 4.84 Å². The molecule has 0 aromatic heterocycles. The summed E-state index contributed by atoms with van der Waals surface area (Å²) in [6, 6.07) is 2.54. The summed E-state index contributed by atoms with van der Waals surface area (Å²) in [6.07, 6.45) is 1.28. The Bertz CT molecular complexity index is 375. The highest BCUT2D eigenvalue weighted by molar-refractivity contribution is 5.83. The lowest BCUT2D eigenvalue weighted by Gasteiger charge is -2.10. The van der Waals surface area contributed by atoms with E-state index in [1.807, 2.05) is 13.8 Å². The van der Waals surface area contributed by atoms with Gasteiger partial charge in [-0.25, -0.2) is 4.39 Å². The summed E-state index contributed by atoms with van der Waals surface area (Å²) in [5.74, 6) is -0.295. The van der Waals surface area contributed by atoms with E-state index >= 15 is 0 Å². The first-order valence-electron chi connectivity index (χ1n) is 4.65. The van der Waals surface area contributed by atoms with Gasteiger partial charge in [-0.1, -0.05) is 19.0 Å². The van der Waals surface area contributed by atoms with Crippen LogP contribution in [-0.4, -0.2) is 18.4 Å². The lowest BCUT2D eigenvalue weighted by atomic mass is 9.99. The van der Waals surface area contributed by atoms with Crippen molar-refractivity contribution < 1.29 is 14.3 Å². The number of phenolic OH excluding ortho intramolecular Hbond substituents is 1. The number of phenols is 1. The molecule has 0 saturated carbocycles. The van der Waals surface area contributed by atoms with Crippen molar-refractivity contribution in [2.24, 2.45) is 5.16 Å². The number of hydrogen-bond acceptors (Lipinski definition) is 3. The minimum Gasteiger partial charge on any atom is -0.507 e. The second-order valence-corrected chi connectivity index (χ2v) is 3.50. The molecule has 0 aliphatic heterocycles. The molecule has 0 amide bonds. The maximum absolute atomic E-state index is 13.2. The fraction of sp³-hybridized carbons (Fsp3) is 0.364. The highest BCUT2D eigenvalue weighted by Gasteiger charge is 2.11. The first-order valence-corrected chi connectivity index (χ1v) is 4.65. The average Bonchev–Trinajstić information content (AvgIpc) is 2.18. The number of halogens is 1. The Labute approximate surface area is 88.2 Å². The van der Waals surface area contributed by atoms with Crippen LogP contribution in [0.15, 0.2) is 17.3 Å². The number of hydrogen-bond donors (Lipinski definition) is 1. The van der Waals surface area contributed by atoms with Gasteiger partial charge >= 0.3 is 0 Å². The molecule has 15 heavy (non-hydrogen) atoms. The van der Waals surface area contributed by atoms with E-state index in [9.17, 15) is 9.50 Å². The van der Waals surface area contributed by atoms with E-state index < -0.39 is 5.82 Å². The predicted molar refractivity (Wildman–Crippen MR) is 56.8 cm³/mol. The molecular formula is C11H14FNO2. The quantitative estimate of drug-likeness (QED) is 0.616. The summed E-state index contributed by atoms with van der Waals surface area (Å²) < 4.78 is 13.2. The van der Waals surface area contributed by atoms with Gasteiger partial charge in [0.1, 0.15) is 18.7 Å². The first kappa shape index (κ1) is 11.5. The molecule has 4 heteroatoms. The van der Waals surface area contributed by atoms with Crippen molar-refractivity contribution in [1.29, 1.82) is 0 Å². The van der Waals surface area contributed by atoms with Gasteiger partial charge in [0.2, 0.25) is 0 Å². The fourth-order valence-electron chi connectivity index (χ4n) is 1.29. The van der Waals surface area contributed by atoms with Gasteiger partial charge in [0.15, 0.2) is 0 Å². The van der Waals surface area contributed by atoms with Crippen LogP contribution in [0.4, 0.5) is 4.39 Å². The molecule has 0 spiro atoms. The Morgan fingerprint density at radius 2 is 2.13 bits per heavy atom. The molecule has 0 atom stereocenters. The highest BCUT2D eigenvalue weighted by Crippen LogP contribution is 2.29. The van der Waals surface area contributed by atoms with Crippen LogP contribution in [0.5, 0.6) is 5.75 Å². The maximum Gasteiger partial charge on any atom is 0.128 e. The Balaban J connectivity index is 3.22. The number of rotatable bonds is 3. The Morgan fingerprint density at radius 1 is 1.47 bits per heavy atom. The van der Waals surface area contributed by atoms with Crippen LogP contribution in [0.3, 0.4) is 0 Å². The summed E-state index contributed by atoms with van der Waals surface area (Å²) in [5.41, 5.74) is 0.883. The molecule has 82 valence electrons. The standard InChI is InChI=1S/C11H14FNO2/c1-7(2)10-5-9(12)4-8(11(10)14)6-13-15-3/h4-7,14H,1-3H3. The summed E-state index contributed by atoms with van der Waals surface area (Å²) in [5, 5.41) is 13.3. The summed E-state index contributed by atoms with van der Waals surface area (Å²) >= 11 is 0. The molecule has 3 nitrogen and oxygen atoms in total.